The van der Waals surface area contributed by atoms with Crippen LogP contribution in [0.3, 0.4) is 0 Å². The van der Waals surface area contributed by atoms with Crippen molar-refractivity contribution in [2.45, 2.75) is 32.2 Å². The van der Waals surface area contributed by atoms with E-state index in [4.69, 9.17) is 12.2 Å². The topological polar surface area (TPSA) is 27.3 Å². The molecule has 5 heteroatoms. The lowest BCUT2D eigenvalue weighted by Crippen LogP contribution is -2.56. The Morgan fingerprint density at radius 2 is 2.14 bits per heavy atom. The fraction of sp³-hybridized carbons (Fsp3) is 0.588. The van der Waals surface area contributed by atoms with Gasteiger partial charge in [-0.15, -0.1) is 0 Å². The van der Waals surface area contributed by atoms with Crippen molar-refractivity contribution in [1.82, 2.24) is 10.2 Å². The van der Waals surface area contributed by atoms with E-state index < -0.39 is 0 Å². The molecule has 4 atom stereocenters. The molecule has 0 aliphatic carbocycles. The molecule has 2 bridgehead atoms. The van der Waals surface area contributed by atoms with Gasteiger partial charge in [0.05, 0.1) is 0 Å². The zero-order valence-electron chi connectivity index (χ0n) is 13.0. The zero-order chi connectivity index (χ0) is 15.5. The van der Waals surface area contributed by atoms with Crippen LogP contribution in [0.1, 0.15) is 26.2 Å². The lowest BCUT2D eigenvalue weighted by Gasteiger charge is -2.50. The summed E-state index contributed by atoms with van der Waals surface area (Å²) in [4.78, 5) is 2.61. The first kappa shape index (κ1) is 15.7. The molecule has 120 valence electrons. The van der Waals surface area contributed by atoms with Crippen LogP contribution in [0.4, 0.5) is 10.1 Å². The maximum atomic E-state index is 12.9. The minimum absolute atomic E-state index is 0.235. The lowest BCUT2D eigenvalue weighted by atomic mass is 9.74. The summed E-state index contributed by atoms with van der Waals surface area (Å²) in [5, 5.41) is 7.04. The molecule has 3 heterocycles. The van der Waals surface area contributed by atoms with E-state index in [1.54, 1.807) is 12.1 Å². The van der Waals surface area contributed by atoms with Crippen LogP contribution in [0.15, 0.2) is 24.3 Å². The van der Waals surface area contributed by atoms with Crippen LogP contribution in [0.25, 0.3) is 0 Å². The van der Waals surface area contributed by atoms with Crippen molar-refractivity contribution in [2.24, 2.45) is 11.8 Å². The Hall–Kier alpha value is -1.20. The molecule has 0 radical (unpaired) electrons. The second-order valence-electron chi connectivity index (χ2n) is 6.44. The maximum Gasteiger partial charge on any atom is 0.170 e. The minimum atomic E-state index is -0.235. The Morgan fingerprint density at radius 3 is 2.77 bits per heavy atom. The third-order valence-electron chi connectivity index (χ3n) is 5.14. The summed E-state index contributed by atoms with van der Waals surface area (Å²) in [6.07, 6.45) is 3.93. The Balaban J connectivity index is 1.47. The summed E-state index contributed by atoms with van der Waals surface area (Å²) in [6, 6.07) is 6.85. The Morgan fingerprint density at radius 1 is 1.36 bits per heavy atom. The SMILES string of the molecule is CC[C@@H]1CN2CC[C@H]1C[C@@H]2CNC(=S)Nc1ccc(F)cc1. The average molecular weight is 321 g/mol. The molecule has 3 saturated heterocycles. The first-order valence-corrected chi connectivity index (χ1v) is 8.61. The molecule has 3 nitrogen and oxygen atoms in total. The molecule has 0 spiro atoms. The monoisotopic (exact) mass is 321 g/mol. The van der Waals surface area contributed by atoms with Crippen LogP contribution in [-0.2, 0) is 0 Å². The standard InChI is InChI=1S/C17H24FN3S/c1-2-12-11-21-8-7-13(12)9-16(21)10-19-17(22)20-15-5-3-14(18)4-6-15/h3-6,12-13,16H,2,7-11H2,1H3,(H2,19,20,22)/t12-,13+,16-/m1/s1. The number of piperidine rings is 3. The molecular weight excluding hydrogens is 297 g/mol. The third kappa shape index (κ3) is 3.58. The smallest absolute Gasteiger partial charge is 0.170 e. The zero-order valence-corrected chi connectivity index (χ0v) is 13.8. The van der Waals surface area contributed by atoms with Gasteiger partial charge in [0.2, 0.25) is 0 Å². The van der Waals surface area contributed by atoms with Gasteiger partial charge < -0.3 is 10.6 Å². The van der Waals surface area contributed by atoms with Gasteiger partial charge >= 0.3 is 0 Å². The number of fused-ring (bicyclic) bond motifs is 3. The number of halogens is 1. The molecule has 1 unspecified atom stereocenters. The number of nitrogens with one attached hydrogen (secondary N) is 2. The molecule has 0 aromatic heterocycles. The summed E-state index contributed by atoms with van der Waals surface area (Å²) in [6.45, 7) is 5.67. The summed E-state index contributed by atoms with van der Waals surface area (Å²) in [5.74, 6) is 1.54. The summed E-state index contributed by atoms with van der Waals surface area (Å²) in [5.41, 5.74) is 0.815. The molecule has 0 amide bonds. The first-order valence-electron chi connectivity index (χ1n) is 8.20. The molecule has 2 N–H and O–H groups in total. The number of rotatable bonds is 4. The number of hydrogen-bond donors (Lipinski definition) is 2. The lowest BCUT2D eigenvalue weighted by molar-refractivity contribution is 0.00212. The average Bonchev–Trinajstić information content (AvgIpc) is 2.55. The highest BCUT2D eigenvalue weighted by molar-refractivity contribution is 7.80. The van der Waals surface area contributed by atoms with Gasteiger partial charge in [-0.2, -0.15) is 0 Å². The van der Waals surface area contributed by atoms with Crippen molar-refractivity contribution in [1.29, 1.82) is 0 Å². The quantitative estimate of drug-likeness (QED) is 0.833. The molecule has 1 aromatic rings. The van der Waals surface area contributed by atoms with Gasteiger partial charge in [0.25, 0.3) is 0 Å². The summed E-state index contributed by atoms with van der Waals surface area (Å²) in [7, 11) is 0. The number of hydrogen-bond acceptors (Lipinski definition) is 2. The third-order valence-corrected chi connectivity index (χ3v) is 5.39. The van der Waals surface area contributed by atoms with Gasteiger partial charge in [-0.05, 0) is 67.7 Å². The van der Waals surface area contributed by atoms with E-state index >= 15 is 0 Å². The number of nitrogens with zero attached hydrogens (tertiary/aromatic N) is 1. The number of benzene rings is 1. The van der Waals surface area contributed by atoms with Crippen LogP contribution < -0.4 is 10.6 Å². The fourth-order valence-corrected chi connectivity index (χ4v) is 4.04. The van der Waals surface area contributed by atoms with Gasteiger partial charge in [-0.25, -0.2) is 4.39 Å². The molecule has 3 fully saturated rings. The van der Waals surface area contributed by atoms with E-state index in [1.807, 2.05) is 0 Å². The van der Waals surface area contributed by atoms with Gasteiger partial charge in [0, 0.05) is 24.8 Å². The van der Waals surface area contributed by atoms with Crippen molar-refractivity contribution in [3.63, 3.8) is 0 Å². The predicted octanol–water partition coefficient (Wildman–Crippen LogP) is 3.23. The molecule has 1 aromatic carbocycles. The van der Waals surface area contributed by atoms with Crippen molar-refractivity contribution in [3.8, 4) is 0 Å². The Bertz CT molecular complexity index is 519. The van der Waals surface area contributed by atoms with E-state index in [9.17, 15) is 4.39 Å². The van der Waals surface area contributed by atoms with E-state index in [2.05, 4.69) is 22.5 Å². The summed E-state index contributed by atoms with van der Waals surface area (Å²) < 4.78 is 12.9. The summed E-state index contributed by atoms with van der Waals surface area (Å²) >= 11 is 5.33. The van der Waals surface area contributed by atoms with Crippen LogP contribution in [-0.4, -0.2) is 35.7 Å². The first-order chi connectivity index (χ1) is 10.7. The highest BCUT2D eigenvalue weighted by atomic mass is 32.1. The maximum absolute atomic E-state index is 12.9. The number of thiocarbonyl (C=S) groups is 1. The van der Waals surface area contributed by atoms with Gasteiger partial charge in [0.1, 0.15) is 5.82 Å². The van der Waals surface area contributed by atoms with Crippen molar-refractivity contribution in [2.75, 3.05) is 25.0 Å². The van der Waals surface area contributed by atoms with E-state index in [0.29, 0.717) is 11.2 Å². The second-order valence-corrected chi connectivity index (χ2v) is 6.85. The van der Waals surface area contributed by atoms with Crippen LogP contribution in [0.5, 0.6) is 0 Å². The Labute approximate surface area is 137 Å². The minimum Gasteiger partial charge on any atom is -0.361 e. The largest absolute Gasteiger partial charge is 0.361 e. The normalized spacial score (nSPS) is 30.1. The number of anilines is 1. The van der Waals surface area contributed by atoms with Gasteiger partial charge in [-0.3, -0.25) is 4.90 Å². The Kier molecular flexibility index (Phi) is 4.93. The molecular formula is C17H24FN3S. The van der Waals surface area contributed by atoms with Crippen LogP contribution in [0, 0.1) is 17.7 Å². The molecule has 0 saturated carbocycles. The van der Waals surface area contributed by atoms with E-state index in [-0.39, 0.29) is 5.82 Å². The van der Waals surface area contributed by atoms with Crippen molar-refractivity contribution >= 4 is 23.0 Å². The van der Waals surface area contributed by atoms with Crippen molar-refractivity contribution < 1.29 is 4.39 Å². The van der Waals surface area contributed by atoms with E-state index in [0.717, 1.165) is 24.1 Å². The van der Waals surface area contributed by atoms with E-state index in [1.165, 1.54) is 44.5 Å². The molecule has 3 aliphatic rings. The van der Waals surface area contributed by atoms with Crippen LogP contribution in [0.2, 0.25) is 0 Å². The predicted molar refractivity (Wildman–Crippen MR) is 92.5 cm³/mol. The molecule has 4 rings (SSSR count). The van der Waals surface area contributed by atoms with Gasteiger partial charge in [-0.1, -0.05) is 13.3 Å². The molecule has 3 aliphatic heterocycles. The van der Waals surface area contributed by atoms with Crippen molar-refractivity contribution in [3.05, 3.63) is 30.1 Å². The highest BCUT2D eigenvalue weighted by Gasteiger charge is 2.38. The van der Waals surface area contributed by atoms with Gasteiger partial charge in [0.15, 0.2) is 5.11 Å². The fourth-order valence-electron chi connectivity index (χ4n) is 3.84. The molecule has 22 heavy (non-hydrogen) atoms. The highest BCUT2D eigenvalue weighted by Crippen LogP contribution is 2.37. The van der Waals surface area contributed by atoms with Crippen LogP contribution >= 0.6 is 12.2 Å². The second kappa shape index (κ2) is 6.92.